The second kappa shape index (κ2) is 5.24. The van der Waals surface area contributed by atoms with E-state index in [4.69, 9.17) is 0 Å². The third-order valence-electron chi connectivity index (χ3n) is 1.51. The first-order valence-corrected chi connectivity index (χ1v) is 4.21. The molecule has 16 heteroatoms. The van der Waals surface area contributed by atoms with Gasteiger partial charge in [0.1, 0.15) is 0 Å². The number of hydrogen-bond donors (Lipinski definition) is 0. The summed E-state index contributed by atoms with van der Waals surface area (Å²) in [5, 5.41) is 0. The Balaban J connectivity index is 5.44. The van der Waals surface area contributed by atoms with E-state index in [1.165, 1.54) is 9.47 Å². The van der Waals surface area contributed by atoms with Crippen molar-refractivity contribution in [3.05, 3.63) is 0 Å². The summed E-state index contributed by atoms with van der Waals surface area (Å²) < 4.78 is 169. The number of ether oxygens (including phenoxy) is 2. The molecule has 0 unspecified atom stereocenters. The Labute approximate surface area is 109 Å². The fourth-order valence-corrected chi connectivity index (χ4v) is 0.557. The van der Waals surface area contributed by atoms with E-state index in [9.17, 15) is 61.5 Å². The molecule has 0 N–H and O–H groups in total. The molecule has 0 aromatic rings. The molecule has 22 heavy (non-hydrogen) atoms. The van der Waals surface area contributed by atoms with Gasteiger partial charge in [0.15, 0.2) is 0 Å². The van der Waals surface area contributed by atoms with Crippen LogP contribution in [0.2, 0.25) is 0 Å². The summed E-state index contributed by atoms with van der Waals surface area (Å²) >= 11 is 0. The standard InChI is InChI=1S/C6F14O2/c7-1(8,9)3(13,14)21-5(17,18)6(19,20)22-4(15,16)2(10,11)12. The molecule has 0 saturated heterocycles. The van der Waals surface area contributed by atoms with E-state index < -0.39 is 36.8 Å². The van der Waals surface area contributed by atoms with Gasteiger partial charge in [0.05, 0.1) is 0 Å². The Hall–Kier alpha value is -1.06. The maximum Gasteiger partial charge on any atom is 0.483 e. The Morgan fingerprint density at radius 2 is 0.500 bits per heavy atom. The van der Waals surface area contributed by atoms with E-state index in [-0.39, 0.29) is 0 Å². The van der Waals surface area contributed by atoms with Crippen LogP contribution in [-0.2, 0) is 9.47 Å². The van der Waals surface area contributed by atoms with Gasteiger partial charge in [-0.3, -0.25) is 0 Å². The smallest absolute Gasteiger partial charge is 0.241 e. The van der Waals surface area contributed by atoms with Crippen molar-refractivity contribution in [1.82, 2.24) is 0 Å². The molecule has 0 fully saturated rings. The van der Waals surface area contributed by atoms with E-state index in [0.717, 1.165) is 0 Å². The summed E-state index contributed by atoms with van der Waals surface area (Å²) in [4.78, 5) is 0. The summed E-state index contributed by atoms with van der Waals surface area (Å²) in [6.45, 7) is 0. The first kappa shape index (κ1) is 20.9. The van der Waals surface area contributed by atoms with Crippen LogP contribution >= 0.6 is 0 Å². The molecule has 0 spiro atoms. The van der Waals surface area contributed by atoms with E-state index in [1.807, 2.05) is 0 Å². The lowest BCUT2D eigenvalue weighted by Crippen LogP contribution is -2.56. The molecule has 0 rings (SSSR count). The normalized spacial score (nSPS) is 16.1. The van der Waals surface area contributed by atoms with Crippen molar-refractivity contribution in [1.29, 1.82) is 0 Å². The van der Waals surface area contributed by atoms with Gasteiger partial charge in [0.25, 0.3) is 0 Å². The Morgan fingerprint density at radius 1 is 0.318 bits per heavy atom. The van der Waals surface area contributed by atoms with Crippen molar-refractivity contribution < 1.29 is 70.9 Å². The highest BCUT2D eigenvalue weighted by Gasteiger charge is 2.75. The summed E-state index contributed by atoms with van der Waals surface area (Å²) in [7, 11) is 0. The van der Waals surface area contributed by atoms with Crippen LogP contribution in [0.15, 0.2) is 0 Å². The second-order valence-electron chi connectivity index (χ2n) is 3.27. The average Bonchev–Trinajstić information content (AvgIpc) is 2.09. The lowest BCUT2D eigenvalue weighted by molar-refractivity contribution is -0.552. The zero-order valence-electron chi connectivity index (χ0n) is 9.11. The van der Waals surface area contributed by atoms with Gasteiger partial charge in [0, 0.05) is 0 Å². The third kappa shape index (κ3) is 4.23. The van der Waals surface area contributed by atoms with Crippen molar-refractivity contribution in [2.45, 2.75) is 36.8 Å². The van der Waals surface area contributed by atoms with Crippen molar-refractivity contribution in [2.75, 3.05) is 0 Å². The van der Waals surface area contributed by atoms with Crippen LogP contribution in [0.5, 0.6) is 0 Å². The predicted octanol–water partition coefficient (Wildman–Crippen LogP) is 4.52. The molecule has 0 saturated carbocycles. The van der Waals surface area contributed by atoms with Crippen LogP contribution in [0.1, 0.15) is 0 Å². The Kier molecular flexibility index (Phi) is 4.99. The van der Waals surface area contributed by atoms with Crippen LogP contribution in [0, 0.1) is 0 Å². The van der Waals surface area contributed by atoms with Crippen LogP contribution in [0.4, 0.5) is 61.5 Å². The van der Waals surface area contributed by atoms with Crippen LogP contribution < -0.4 is 0 Å². The molecule has 0 bridgehead atoms. The highest BCUT2D eigenvalue weighted by atomic mass is 19.4. The molecule has 0 heterocycles. The molecule has 2 nitrogen and oxygen atoms in total. The van der Waals surface area contributed by atoms with Crippen molar-refractivity contribution >= 4 is 0 Å². The quantitative estimate of drug-likeness (QED) is 0.663. The first-order chi connectivity index (χ1) is 9.16. The highest BCUT2D eigenvalue weighted by Crippen LogP contribution is 2.49. The van der Waals surface area contributed by atoms with Gasteiger partial charge < -0.3 is 0 Å². The lowest BCUT2D eigenvalue weighted by Gasteiger charge is -2.31. The molecule has 0 atom stereocenters. The van der Waals surface area contributed by atoms with Crippen LogP contribution in [-0.4, -0.2) is 36.8 Å². The van der Waals surface area contributed by atoms with Crippen molar-refractivity contribution in [3.8, 4) is 0 Å². The van der Waals surface area contributed by atoms with Crippen molar-refractivity contribution in [3.63, 3.8) is 0 Å². The molecular formula is C6F14O2. The minimum absolute atomic E-state index is 1.35. The zero-order valence-corrected chi connectivity index (χ0v) is 9.11. The molecule has 0 aromatic carbocycles. The third-order valence-corrected chi connectivity index (χ3v) is 1.51. The number of rotatable bonds is 5. The van der Waals surface area contributed by atoms with E-state index >= 15 is 0 Å². The van der Waals surface area contributed by atoms with E-state index in [2.05, 4.69) is 0 Å². The monoisotopic (exact) mass is 370 g/mol. The molecule has 0 aliphatic rings. The van der Waals surface area contributed by atoms with E-state index in [0.29, 0.717) is 0 Å². The lowest BCUT2D eigenvalue weighted by atomic mass is 10.5. The maximum absolute atomic E-state index is 12.4. The fourth-order valence-electron chi connectivity index (χ4n) is 0.557. The van der Waals surface area contributed by atoms with Gasteiger partial charge in [-0.25, -0.2) is 9.47 Å². The largest absolute Gasteiger partial charge is 0.483 e. The Morgan fingerprint density at radius 3 is 0.636 bits per heavy atom. The molecule has 0 aliphatic heterocycles. The van der Waals surface area contributed by atoms with Gasteiger partial charge >= 0.3 is 36.8 Å². The van der Waals surface area contributed by atoms with E-state index in [1.54, 1.807) is 0 Å². The average molecular weight is 370 g/mol. The summed E-state index contributed by atoms with van der Waals surface area (Å²) in [6, 6.07) is 0. The molecule has 0 amide bonds. The topological polar surface area (TPSA) is 18.5 Å². The van der Waals surface area contributed by atoms with Crippen LogP contribution in [0.3, 0.4) is 0 Å². The first-order valence-electron chi connectivity index (χ1n) is 4.21. The highest BCUT2D eigenvalue weighted by molar-refractivity contribution is 4.77. The minimum atomic E-state index is -7.19. The zero-order chi connectivity index (χ0) is 18.4. The Bertz CT molecular complexity index is 353. The molecule has 134 valence electrons. The van der Waals surface area contributed by atoms with Gasteiger partial charge in [-0.05, 0) is 0 Å². The minimum Gasteiger partial charge on any atom is -0.241 e. The molecule has 0 radical (unpaired) electrons. The fraction of sp³-hybridized carbons (Fsp3) is 1.00. The van der Waals surface area contributed by atoms with Gasteiger partial charge in [0.2, 0.25) is 0 Å². The summed E-state index contributed by atoms with van der Waals surface area (Å²) in [5.74, 6) is 0. The molecular weight excluding hydrogens is 370 g/mol. The summed E-state index contributed by atoms with van der Waals surface area (Å²) in [6.07, 6.45) is -42.4. The molecule has 0 aromatic heterocycles. The van der Waals surface area contributed by atoms with Crippen molar-refractivity contribution in [2.24, 2.45) is 0 Å². The number of hydrogen-bond acceptors (Lipinski definition) is 2. The van der Waals surface area contributed by atoms with Gasteiger partial charge in [-0.15, -0.1) is 0 Å². The SMILES string of the molecule is FC(F)(F)C(F)(F)OC(F)(F)C(F)(F)OC(F)(F)C(F)(F)F. The number of halogens is 14. The molecule has 0 aliphatic carbocycles. The van der Waals surface area contributed by atoms with Gasteiger partial charge in [-0.1, -0.05) is 0 Å². The number of alkyl halides is 14. The summed E-state index contributed by atoms with van der Waals surface area (Å²) in [5.41, 5.74) is 0. The second-order valence-corrected chi connectivity index (χ2v) is 3.27. The van der Waals surface area contributed by atoms with Gasteiger partial charge in [-0.2, -0.15) is 61.5 Å². The predicted molar refractivity (Wildman–Crippen MR) is 34.1 cm³/mol. The van der Waals surface area contributed by atoms with Crippen LogP contribution in [0.25, 0.3) is 0 Å². The maximum atomic E-state index is 12.4.